The Hall–Kier alpha value is -3.02. The zero-order chi connectivity index (χ0) is 14.8. The highest BCUT2D eigenvalue weighted by molar-refractivity contribution is 6.08. The first-order valence-electron chi connectivity index (χ1n) is 6.24. The lowest BCUT2D eigenvalue weighted by molar-refractivity contribution is 0.0602. The van der Waals surface area contributed by atoms with Crippen molar-refractivity contribution in [2.75, 3.05) is 12.4 Å². The van der Waals surface area contributed by atoms with Gasteiger partial charge in [-0.2, -0.15) is 0 Å². The van der Waals surface area contributed by atoms with Gasteiger partial charge < -0.3 is 19.5 Å². The summed E-state index contributed by atoms with van der Waals surface area (Å²) in [4.78, 5) is 26.8. The van der Waals surface area contributed by atoms with Gasteiger partial charge in [-0.3, -0.25) is 4.79 Å². The van der Waals surface area contributed by atoms with Crippen molar-refractivity contribution in [1.82, 2.24) is 4.98 Å². The number of para-hydroxylation sites is 1. The molecule has 1 amide bonds. The fourth-order valence-electron chi connectivity index (χ4n) is 2.04. The summed E-state index contributed by atoms with van der Waals surface area (Å²) in [5.41, 5.74) is 2.37. The number of benzene rings is 1. The number of rotatable bonds is 3. The van der Waals surface area contributed by atoms with Crippen LogP contribution in [0.1, 0.15) is 20.8 Å². The molecule has 6 heteroatoms. The number of hydrogen-bond acceptors (Lipinski definition) is 4. The molecule has 2 aromatic heterocycles. The molecular formula is C15H12N2O4. The number of aromatic amines is 1. The molecular weight excluding hydrogens is 272 g/mol. The number of methoxy groups -OCH3 is 1. The highest BCUT2D eigenvalue weighted by Crippen LogP contribution is 2.19. The van der Waals surface area contributed by atoms with E-state index in [-0.39, 0.29) is 5.91 Å². The Labute approximate surface area is 119 Å². The van der Waals surface area contributed by atoms with Crippen LogP contribution in [0.3, 0.4) is 0 Å². The van der Waals surface area contributed by atoms with E-state index in [0.29, 0.717) is 22.5 Å². The van der Waals surface area contributed by atoms with Gasteiger partial charge in [0.15, 0.2) is 5.58 Å². The summed E-state index contributed by atoms with van der Waals surface area (Å²) in [6.45, 7) is 0. The second-order valence-electron chi connectivity index (χ2n) is 4.37. The lowest BCUT2D eigenvalue weighted by Gasteiger charge is -2.08. The Morgan fingerprint density at radius 2 is 2.05 bits per heavy atom. The third-order valence-corrected chi connectivity index (χ3v) is 3.07. The average molecular weight is 284 g/mol. The number of nitrogens with one attached hydrogen (secondary N) is 2. The fourth-order valence-corrected chi connectivity index (χ4v) is 2.04. The maximum absolute atomic E-state index is 12.2. The molecule has 0 spiro atoms. The minimum absolute atomic E-state index is 0.295. The lowest BCUT2D eigenvalue weighted by atomic mass is 10.1. The van der Waals surface area contributed by atoms with Gasteiger partial charge in [-0.1, -0.05) is 12.1 Å². The first kappa shape index (κ1) is 13.0. The van der Waals surface area contributed by atoms with Gasteiger partial charge >= 0.3 is 5.97 Å². The third-order valence-electron chi connectivity index (χ3n) is 3.07. The summed E-state index contributed by atoms with van der Waals surface area (Å²) in [5, 5.41) is 2.68. The normalized spacial score (nSPS) is 10.5. The van der Waals surface area contributed by atoms with E-state index in [4.69, 9.17) is 4.42 Å². The summed E-state index contributed by atoms with van der Waals surface area (Å²) in [5.74, 6) is -0.871. The van der Waals surface area contributed by atoms with Crippen molar-refractivity contribution in [3.05, 3.63) is 53.9 Å². The van der Waals surface area contributed by atoms with E-state index >= 15 is 0 Å². The Morgan fingerprint density at radius 1 is 1.24 bits per heavy atom. The second-order valence-corrected chi connectivity index (χ2v) is 4.37. The van der Waals surface area contributed by atoms with Crippen LogP contribution in [0.15, 0.2) is 47.1 Å². The summed E-state index contributed by atoms with van der Waals surface area (Å²) in [7, 11) is 1.29. The molecule has 6 nitrogen and oxygen atoms in total. The van der Waals surface area contributed by atoms with Crippen LogP contribution < -0.4 is 5.32 Å². The molecule has 21 heavy (non-hydrogen) atoms. The third kappa shape index (κ3) is 2.38. The summed E-state index contributed by atoms with van der Waals surface area (Å²) in [6.07, 6.45) is 1.54. The number of furan rings is 1. The largest absolute Gasteiger partial charge is 0.465 e. The molecule has 0 unspecified atom stereocenters. The maximum atomic E-state index is 12.2. The Balaban J connectivity index is 1.88. The molecule has 0 aliphatic heterocycles. The second kappa shape index (κ2) is 5.16. The highest BCUT2D eigenvalue weighted by atomic mass is 16.5. The van der Waals surface area contributed by atoms with Crippen LogP contribution in [-0.4, -0.2) is 24.0 Å². The van der Waals surface area contributed by atoms with Gasteiger partial charge in [0, 0.05) is 12.1 Å². The molecule has 0 saturated carbocycles. The SMILES string of the molecule is COC(=O)c1ccccc1NC(=O)c1cc2occc2[nH]1. The van der Waals surface area contributed by atoms with Crippen LogP contribution in [0.25, 0.3) is 11.1 Å². The zero-order valence-electron chi connectivity index (χ0n) is 11.2. The Morgan fingerprint density at radius 3 is 2.81 bits per heavy atom. The van der Waals surface area contributed by atoms with E-state index < -0.39 is 5.97 Å². The van der Waals surface area contributed by atoms with Gasteiger partial charge in [-0.25, -0.2) is 4.79 Å². The fraction of sp³-hybridized carbons (Fsp3) is 0.0667. The topological polar surface area (TPSA) is 84.3 Å². The smallest absolute Gasteiger partial charge is 0.339 e. The summed E-state index contributed by atoms with van der Waals surface area (Å²) in [6, 6.07) is 9.98. The summed E-state index contributed by atoms with van der Waals surface area (Å²) < 4.78 is 9.88. The monoisotopic (exact) mass is 284 g/mol. The molecule has 106 valence electrons. The minimum atomic E-state index is -0.508. The molecule has 3 aromatic rings. The predicted molar refractivity (Wildman–Crippen MR) is 76.3 cm³/mol. The Bertz CT molecular complexity index is 787. The average Bonchev–Trinajstić information content (AvgIpc) is 3.08. The molecule has 0 atom stereocenters. The van der Waals surface area contributed by atoms with Crippen molar-refractivity contribution >= 4 is 28.7 Å². The molecule has 0 fully saturated rings. The molecule has 0 saturated heterocycles. The Kier molecular flexibility index (Phi) is 3.19. The molecule has 3 rings (SSSR count). The number of aromatic nitrogens is 1. The minimum Gasteiger partial charge on any atom is -0.465 e. The molecule has 0 bridgehead atoms. The van der Waals surface area contributed by atoms with Crippen molar-refractivity contribution in [3.63, 3.8) is 0 Å². The maximum Gasteiger partial charge on any atom is 0.339 e. The number of carbonyl (C=O) groups excluding carboxylic acids is 2. The first-order valence-corrected chi connectivity index (χ1v) is 6.24. The van der Waals surface area contributed by atoms with Gasteiger partial charge in [0.05, 0.1) is 30.1 Å². The van der Waals surface area contributed by atoms with Gasteiger partial charge in [0.1, 0.15) is 5.69 Å². The number of amides is 1. The number of H-pyrrole nitrogens is 1. The first-order chi connectivity index (χ1) is 10.2. The number of carbonyl (C=O) groups is 2. The predicted octanol–water partition coefficient (Wildman–Crippen LogP) is 2.80. The standard InChI is InChI=1S/C15H12N2O4/c1-20-15(19)9-4-2-3-5-10(9)17-14(18)12-8-13-11(16-12)6-7-21-13/h2-8,16H,1H3,(H,17,18). The number of hydrogen-bond donors (Lipinski definition) is 2. The number of fused-ring (bicyclic) bond motifs is 1. The highest BCUT2D eigenvalue weighted by Gasteiger charge is 2.16. The quantitative estimate of drug-likeness (QED) is 0.724. The van der Waals surface area contributed by atoms with Crippen LogP contribution >= 0.6 is 0 Å². The van der Waals surface area contributed by atoms with Crippen molar-refractivity contribution < 1.29 is 18.7 Å². The number of ether oxygens (including phenoxy) is 1. The van der Waals surface area contributed by atoms with E-state index in [9.17, 15) is 9.59 Å². The summed E-state index contributed by atoms with van der Waals surface area (Å²) >= 11 is 0. The van der Waals surface area contributed by atoms with E-state index in [1.807, 2.05) is 0 Å². The molecule has 1 aromatic carbocycles. The molecule has 0 aliphatic carbocycles. The molecule has 2 N–H and O–H groups in total. The van der Waals surface area contributed by atoms with Gasteiger partial charge in [-0.05, 0) is 12.1 Å². The van der Waals surface area contributed by atoms with E-state index in [1.165, 1.54) is 13.4 Å². The van der Waals surface area contributed by atoms with E-state index in [1.54, 1.807) is 36.4 Å². The van der Waals surface area contributed by atoms with Crippen LogP contribution in [0.4, 0.5) is 5.69 Å². The van der Waals surface area contributed by atoms with Crippen LogP contribution in [-0.2, 0) is 4.74 Å². The van der Waals surface area contributed by atoms with Gasteiger partial charge in [0.2, 0.25) is 0 Å². The van der Waals surface area contributed by atoms with E-state index in [0.717, 1.165) is 5.52 Å². The van der Waals surface area contributed by atoms with Crippen LogP contribution in [0, 0.1) is 0 Å². The lowest BCUT2D eigenvalue weighted by Crippen LogP contribution is -2.15. The van der Waals surface area contributed by atoms with Gasteiger partial charge in [0.25, 0.3) is 5.91 Å². The van der Waals surface area contributed by atoms with Crippen molar-refractivity contribution in [2.24, 2.45) is 0 Å². The number of anilines is 1. The molecule has 0 radical (unpaired) electrons. The zero-order valence-corrected chi connectivity index (χ0v) is 11.2. The molecule has 0 aliphatic rings. The van der Waals surface area contributed by atoms with Crippen LogP contribution in [0.5, 0.6) is 0 Å². The van der Waals surface area contributed by atoms with Crippen LogP contribution in [0.2, 0.25) is 0 Å². The van der Waals surface area contributed by atoms with Crippen molar-refractivity contribution in [2.45, 2.75) is 0 Å². The van der Waals surface area contributed by atoms with Gasteiger partial charge in [-0.15, -0.1) is 0 Å². The van der Waals surface area contributed by atoms with E-state index in [2.05, 4.69) is 15.0 Å². The van der Waals surface area contributed by atoms with Crippen molar-refractivity contribution in [3.8, 4) is 0 Å². The molecule has 2 heterocycles. The van der Waals surface area contributed by atoms with Crippen molar-refractivity contribution in [1.29, 1.82) is 0 Å². The number of esters is 1.